The molecule has 3 aromatic rings. The predicted octanol–water partition coefficient (Wildman–Crippen LogP) is 2.81. The first kappa shape index (κ1) is 19.2. The highest BCUT2D eigenvalue weighted by Crippen LogP contribution is 2.38. The van der Waals surface area contributed by atoms with E-state index in [0.29, 0.717) is 23.7 Å². The maximum absolute atomic E-state index is 11.7. The molecule has 4 rings (SSSR count). The molecule has 2 aromatic heterocycles. The van der Waals surface area contributed by atoms with Gasteiger partial charge in [0.1, 0.15) is 0 Å². The second-order valence-electron chi connectivity index (χ2n) is 6.50. The Morgan fingerprint density at radius 3 is 2.93 bits per heavy atom. The quantitative estimate of drug-likeness (QED) is 0.636. The number of rotatable bonds is 6. The molecule has 1 aliphatic rings. The van der Waals surface area contributed by atoms with Crippen molar-refractivity contribution in [1.82, 2.24) is 20.0 Å². The molecule has 0 bridgehead atoms. The van der Waals surface area contributed by atoms with Gasteiger partial charge in [-0.2, -0.15) is 5.10 Å². The lowest BCUT2D eigenvalue weighted by atomic mass is 10.1. The van der Waals surface area contributed by atoms with Crippen LogP contribution in [0.1, 0.15) is 23.0 Å². The summed E-state index contributed by atoms with van der Waals surface area (Å²) in [6.07, 6.45) is 2.87. The molecule has 0 unspecified atom stereocenters. The average Bonchev–Trinajstić information content (AvgIpc) is 3.39. The van der Waals surface area contributed by atoms with Crippen molar-refractivity contribution in [2.24, 2.45) is 5.73 Å². The van der Waals surface area contributed by atoms with Gasteiger partial charge in [0.2, 0.25) is 0 Å². The van der Waals surface area contributed by atoms with Gasteiger partial charge in [0.25, 0.3) is 5.91 Å². The number of nitrogens with one attached hydrogen (secondary N) is 1. The molecule has 10 heteroatoms. The Balaban J connectivity index is 1.70. The second kappa shape index (κ2) is 8.06. The number of carbonyl (C=O) groups excluding carboxylic acids is 1. The van der Waals surface area contributed by atoms with Crippen LogP contribution in [0.4, 0.5) is 11.4 Å². The lowest BCUT2D eigenvalue weighted by Crippen LogP contribution is -2.16. The maximum Gasteiger partial charge on any atom is 0.271 e. The van der Waals surface area contributed by atoms with Gasteiger partial charge in [-0.3, -0.25) is 9.48 Å². The molecule has 0 aliphatic carbocycles. The minimum atomic E-state index is -0.718. The van der Waals surface area contributed by atoms with E-state index >= 15 is 0 Å². The molecule has 0 spiro atoms. The molecule has 29 heavy (non-hydrogen) atoms. The Bertz CT molecular complexity index is 1050. The van der Waals surface area contributed by atoms with E-state index in [9.17, 15) is 4.79 Å². The van der Waals surface area contributed by atoms with Crippen molar-refractivity contribution in [2.75, 3.05) is 25.6 Å². The number of para-hydroxylation sites is 1. The number of amides is 1. The van der Waals surface area contributed by atoms with Crippen molar-refractivity contribution >= 4 is 28.9 Å². The van der Waals surface area contributed by atoms with Crippen LogP contribution in [0.25, 0.3) is 11.3 Å². The minimum absolute atomic E-state index is 0.0210. The van der Waals surface area contributed by atoms with Crippen molar-refractivity contribution in [3.63, 3.8) is 0 Å². The number of nitrogens with zero attached hydrogens (tertiary/aromatic N) is 4. The van der Waals surface area contributed by atoms with Crippen LogP contribution in [0.2, 0.25) is 5.15 Å². The van der Waals surface area contributed by atoms with Crippen LogP contribution in [0, 0.1) is 0 Å². The average molecular weight is 415 g/mol. The number of anilines is 2. The zero-order valence-corrected chi connectivity index (χ0v) is 16.4. The van der Waals surface area contributed by atoms with Crippen LogP contribution in [-0.2, 0) is 4.74 Å². The van der Waals surface area contributed by atoms with Crippen LogP contribution < -0.4 is 15.8 Å². The molecule has 1 amide bonds. The summed E-state index contributed by atoms with van der Waals surface area (Å²) in [6.45, 7) is 1.40. The molecule has 150 valence electrons. The monoisotopic (exact) mass is 414 g/mol. The summed E-state index contributed by atoms with van der Waals surface area (Å²) in [5.41, 5.74) is 7.87. The first-order valence-electron chi connectivity index (χ1n) is 8.97. The number of benzene rings is 1. The molecule has 1 aliphatic heterocycles. The predicted molar refractivity (Wildman–Crippen MR) is 108 cm³/mol. The summed E-state index contributed by atoms with van der Waals surface area (Å²) < 4.78 is 13.0. The topological polar surface area (TPSA) is 117 Å². The van der Waals surface area contributed by atoms with Gasteiger partial charge in [-0.1, -0.05) is 17.7 Å². The molecule has 3 N–H and O–H groups in total. The Kier molecular flexibility index (Phi) is 5.32. The molecule has 1 saturated heterocycles. The number of carbonyl (C=O) groups is 1. The van der Waals surface area contributed by atoms with Crippen molar-refractivity contribution in [1.29, 1.82) is 0 Å². The summed E-state index contributed by atoms with van der Waals surface area (Å²) in [5.74, 6) is -0.159. The number of aromatic nitrogens is 4. The molecule has 9 nitrogen and oxygen atoms in total. The van der Waals surface area contributed by atoms with Crippen LogP contribution in [-0.4, -0.2) is 46.2 Å². The van der Waals surface area contributed by atoms with Gasteiger partial charge in [0.05, 0.1) is 36.8 Å². The highest BCUT2D eigenvalue weighted by molar-refractivity contribution is 6.29. The first-order chi connectivity index (χ1) is 14.1. The van der Waals surface area contributed by atoms with E-state index in [1.165, 1.54) is 6.07 Å². The van der Waals surface area contributed by atoms with E-state index in [4.69, 9.17) is 31.9 Å². The van der Waals surface area contributed by atoms with Crippen molar-refractivity contribution in [3.05, 3.63) is 47.4 Å². The number of primary amides is 1. The molecular formula is C19H19ClN6O3. The van der Waals surface area contributed by atoms with Crippen molar-refractivity contribution in [3.8, 4) is 17.0 Å². The van der Waals surface area contributed by atoms with E-state index in [0.717, 1.165) is 24.3 Å². The fourth-order valence-electron chi connectivity index (χ4n) is 3.26. The molecular weight excluding hydrogens is 396 g/mol. The van der Waals surface area contributed by atoms with Gasteiger partial charge in [-0.15, -0.1) is 10.2 Å². The van der Waals surface area contributed by atoms with Gasteiger partial charge < -0.3 is 20.5 Å². The summed E-state index contributed by atoms with van der Waals surface area (Å²) in [4.78, 5) is 11.7. The van der Waals surface area contributed by atoms with Gasteiger partial charge in [0, 0.05) is 24.4 Å². The molecule has 1 atom stereocenters. The van der Waals surface area contributed by atoms with Gasteiger partial charge in [0.15, 0.2) is 16.6 Å². The Labute approximate surface area is 171 Å². The molecule has 0 radical (unpaired) electrons. The highest BCUT2D eigenvalue weighted by Gasteiger charge is 2.21. The largest absolute Gasteiger partial charge is 0.494 e. The van der Waals surface area contributed by atoms with Crippen molar-refractivity contribution in [2.45, 2.75) is 12.5 Å². The highest BCUT2D eigenvalue weighted by atomic mass is 35.5. The van der Waals surface area contributed by atoms with Gasteiger partial charge >= 0.3 is 0 Å². The zero-order valence-electron chi connectivity index (χ0n) is 15.6. The fraction of sp³-hybridized carbons (Fsp3) is 0.263. The van der Waals surface area contributed by atoms with Crippen LogP contribution in [0.5, 0.6) is 5.75 Å². The van der Waals surface area contributed by atoms with E-state index < -0.39 is 5.91 Å². The number of methoxy groups -OCH3 is 1. The van der Waals surface area contributed by atoms with Crippen molar-refractivity contribution < 1.29 is 14.3 Å². The number of halogens is 1. The summed E-state index contributed by atoms with van der Waals surface area (Å²) in [6, 6.07) is 9.23. The Hall–Kier alpha value is -3.17. The number of nitrogens with two attached hydrogens (primary N) is 1. The van der Waals surface area contributed by atoms with Crippen LogP contribution in [0.15, 0.2) is 36.5 Å². The summed E-state index contributed by atoms with van der Waals surface area (Å²) in [5, 5.41) is 15.4. The number of ether oxygens (including phenoxy) is 2. The second-order valence-corrected chi connectivity index (χ2v) is 6.89. The molecule has 1 fully saturated rings. The number of hydrogen-bond acceptors (Lipinski definition) is 7. The summed E-state index contributed by atoms with van der Waals surface area (Å²) in [7, 11) is 1.57. The van der Waals surface area contributed by atoms with E-state index in [-0.39, 0.29) is 16.9 Å². The van der Waals surface area contributed by atoms with E-state index in [1.807, 2.05) is 35.1 Å². The van der Waals surface area contributed by atoms with E-state index in [2.05, 4.69) is 15.5 Å². The third-order valence-electron chi connectivity index (χ3n) is 4.65. The number of hydrogen-bond donors (Lipinski definition) is 2. The van der Waals surface area contributed by atoms with E-state index in [1.54, 1.807) is 7.11 Å². The van der Waals surface area contributed by atoms with Gasteiger partial charge in [-0.25, -0.2) is 0 Å². The van der Waals surface area contributed by atoms with Crippen LogP contribution in [0.3, 0.4) is 0 Å². The fourth-order valence-corrected chi connectivity index (χ4v) is 3.41. The lowest BCUT2D eigenvalue weighted by Gasteiger charge is -2.15. The normalized spacial score (nSPS) is 16.0. The van der Waals surface area contributed by atoms with Gasteiger partial charge in [-0.05, 0) is 24.6 Å². The lowest BCUT2D eigenvalue weighted by molar-refractivity contribution is 0.0995. The Morgan fingerprint density at radius 2 is 2.21 bits per heavy atom. The standard InChI is InChI=1S/C19H19ClN6O3/c1-28-18-12(13-5-7-26(25-13)11-6-8-29-10-11)3-2-4-14(18)22-15-9-16(20)23-24-17(15)19(21)27/h2-5,7,9,11H,6,8,10H2,1H3,(H2,21,27)(H,22,23)/t11-/m1/s1. The molecule has 0 saturated carbocycles. The summed E-state index contributed by atoms with van der Waals surface area (Å²) >= 11 is 5.93. The molecule has 3 heterocycles. The van der Waals surface area contributed by atoms with Crippen LogP contribution >= 0.6 is 11.6 Å². The first-order valence-corrected chi connectivity index (χ1v) is 9.35. The Morgan fingerprint density at radius 1 is 1.34 bits per heavy atom. The smallest absolute Gasteiger partial charge is 0.271 e. The molecule has 1 aromatic carbocycles. The third-order valence-corrected chi connectivity index (χ3v) is 4.83. The maximum atomic E-state index is 11.7. The third kappa shape index (κ3) is 3.87. The SMILES string of the molecule is COc1c(Nc2cc(Cl)nnc2C(N)=O)cccc1-c1ccn([C@@H]2CCOC2)n1. The zero-order chi connectivity index (χ0) is 20.4. The minimum Gasteiger partial charge on any atom is -0.494 e.